The van der Waals surface area contributed by atoms with Gasteiger partial charge in [0.05, 0.1) is 11.1 Å². The van der Waals surface area contributed by atoms with E-state index < -0.39 is 29.4 Å². The standard InChI is InChI=1S/C19H15F6N3OS/c1-3-30-16-12-8-10(18(20,21)22)4-6-13(12)28(2)15(16)17(29)27-14-7-5-11(9-26-14)19(23,24)25/h4-9H,3H2,1-2H3,(H,26,27,29). The van der Waals surface area contributed by atoms with E-state index in [1.54, 1.807) is 6.92 Å². The molecule has 2 heterocycles. The summed E-state index contributed by atoms with van der Waals surface area (Å²) < 4.78 is 78.8. The number of hydrogen-bond donors (Lipinski definition) is 1. The molecule has 0 radical (unpaired) electrons. The Labute approximate surface area is 171 Å². The van der Waals surface area contributed by atoms with E-state index in [0.717, 1.165) is 24.3 Å². The molecule has 0 aliphatic heterocycles. The van der Waals surface area contributed by atoms with Crippen molar-refractivity contribution in [3.05, 3.63) is 53.3 Å². The van der Waals surface area contributed by atoms with E-state index in [0.29, 0.717) is 22.4 Å². The minimum absolute atomic E-state index is 0.0953. The highest BCUT2D eigenvalue weighted by Gasteiger charge is 2.32. The van der Waals surface area contributed by atoms with Gasteiger partial charge < -0.3 is 9.88 Å². The topological polar surface area (TPSA) is 46.9 Å². The molecule has 2 aromatic heterocycles. The number of hydrogen-bond acceptors (Lipinski definition) is 3. The molecule has 3 rings (SSSR count). The molecule has 11 heteroatoms. The quantitative estimate of drug-likeness (QED) is 0.396. The summed E-state index contributed by atoms with van der Waals surface area (Å²) in [7, 11) is 1.53. The number of thioether (sulfide) groups is 1. The number of fused-ring (bicyclic) bond motifs is 1. The van der Waals surface area contributed by atoms with Crippen LogP contribution < -0.4 is 5.32 Å². The van der Waals surface area contributed by atoms with Gasteiger partial charge in [0.2, 0.25) is 0 Å². The van der Waals surface area contributed by atoms with Crippen LogP contribution in [0.15, 0.2) is 41.4 Å². The molecule has 1 N–H and O–H groups in total. The van der Waals surface area contributed by atoms with Crippen molar-refractivity contribution >= 4 is 34.4 Å². The van der Waals surface area contributed by atoms with E-state index in [2.05, 4.69) is 10.3 Å². The zero-order chi connectivity index (χ0) is 22.3. The second kappa shape index (κ2) is 7.86. The third-order valence-corrected chi connectivity index (χ3v) is 5.31. The smallest absolute Gasteiger partial charge is 0.339 e. The number of carbonyl (C=O) groups is 1. The van der Waals surface area contributed by atoms with Crippen molar-refractivity contribution in [3.63, 3.8) is 0 Å². The van der Waals surface area contributed by atoms with Crippen LogP contribution in [0, 0.1) is 0 Å². The molecule has 3 aromatic rings. The fourth-order valence-corrected chi connectivity index (χ4v) is 3.92. The van der Waals surface area contributed by atoms with Crippen LogP contribution in [0.3, 0.4) is 0 Å². The lowest BCUT2D eigenvalue weighted by atomic mass is 10.1. The first-order chi connectivity index (χ1) is 13.9. The molecule has 0 aliphatic carbocycles. The summed E-state index contributed by atoms with van der Waals surface area (Å²) >= 11 is 1.20. The average Bonchev–Trinajstić information content (AvgIpc) is 2.93. The molecule has 0 unspecified atom stereocenters. The van der Waals surface area contributed by atoms with E-state index in [1.807, 2.05) is 0 Å². The van der Waals surface area contributed by atoms with Crippen LogP contribution in [-0.2, 0) is 19.4 Å². The number of aryl methyl sites for hydroxylation is 1. The van der Waals surface area contributed by atoms with Crippen molar-refractivity contribution in [2.24, 2.45) is 7.05 Å². The molecule has 160 valence electrons. The van der Waals surface area contributed by atoms with Crippen molar-refractivity contribution in [3.8, 4) is 0 Å². The molecule has 0 saturated heterocycles. The van der Waals surface area contributed by atoms with Gasteiger partial charge in [0, 0.05) is 29.0 Å². The minimum atomic E-state index is -4.56. The van der Waals surface area contributed by atoms with Crippen molar-refractivity contribution < 1.29 is 31.1 Å². The maximum atomic E-state index is 13.1. The summed E-state index contributed by atoms with van der Waals surface area (Å²) in [6, 6.07) is 4.99. The summed E-state index contributed by atoms with van der Waals surface area (Å²) in [5, 5.41) is 2.68. The fourth-order valence-electron chi connectivity index (χ4n) is 2.94. The molecule has 0 spiro atoms. The predicted octanol–water partition coefficient (Wildman–Crippen LogP) is 5.98. The zero-order valence-corrected chi connectivity index (χ0v) is 16.5. The Morgan fingerprint density at radius 3 is 2.23 bits per heavy atom. The van der Waals surface area contributed by atoms with E-state index in [9.17, 15) is 31.1 Å². The van der Waals surface area contributed by atoms with Crippen LogP contribution in [0.5, 0.6) is 0 Å². The van der Waals surface area contributed by atoms with Gasteiger partial charge in [0.15, 0.2) is 0 Å². The van der Waals surface area contributed by atoms with Gasteiger partial charge in [-0.05, 0) is 36.1 Å². The van der Waals surface area contributed by atoms with E-state index >= 15 is 0 Å². The Hall–Kier alpha value is -2.69. The Morgan fingerprint density at radius 2 is 1.70 bits per heavy atom. The number of pyridine rings is 1. The number of amides is 1. The Balaban J connectivity index is 2.02. The molecular weight excluding hydrogens is 432 g/mol. The molecular formula is C19H15F6N3OS. The van der Waals surface area contributed by atoms with Gasteiger partial charge in [-0.2, -0.15) is 26.3 Å². The van der Waals surface area contributed by atoms with Crippen LogP contribution in [0.2, 0.25) is 0 Å². The van der Waals surface area contributed by atoms with Crippen molar-refractivity contribution in [1.82, 2.24) is 9.55 Å². The fraction of sp³-hybridized carbons (Fsp3) is 0.263. The number of alkyl halides is 6. The number of anilines is 1. The summed E-state index contributed by atoms with van der Waals surface area (Å²) in [5.41, 5.74) is -1.29. The van der Waals surface area contributed by atoms with Crippen LogP contribution in [0.25, 0.3) is 10.9 Å². The molecule has 0 atom stereocenters. The van der Waals surface area contributed by atoms with Crippen molar-refractivity contribution in [2.45, 2.75) is 24.2 Å². The molecule has 1 amide bonds. The number of nitrogens with zero attached hydrogens (tertiary/aromatic N) is 2. The normalized spacial score (nSPS) is 12.4. The number of halogens is 6. The van der Waals surface area contributed by atoms with Gasteiger partial charge in [-0.3, -0.25) is 4.79 Å². The molecule has 0 saturated carbocycles. The highest BCUT2D eigenvalue weighted by atomic mass is 32.2. The van der Waals surface area contributed by atoms with Gasteiger partial charge in [-0.25, -0.2) is 4.98 Å². The van der Waals surface area contributed by atoms with Crippen LogP contribution in [-0.4, -0.2) is 21.2 Å². The second-order valence-electron chi connectivity index (χ2n) is 6.28. The summed E-state index contributed by atoms with van der Waals surface area (Å²) in [6.07, 6.45) is -8.51. The Kier molecular flexibility index (Phi) is 5.76. The van der Waals surface area contributed by atoms with Crippen LogP contribution >= 0.6 is 11.8 Å². The first-order valence-electron chi connectivity index (χ1n) is 8.60. The van der Waals surface area contributed by atoms with Gasteiger partial charge in [-0.1, -0.05) is 6.92 Å². The summed E-state index contributed by atoms with van der Waals surface area (Å²) in [4.78, 5) is 16.8. The zero-order valence-electron chi connectivity index (χ0n) is 15.6. The lowest BCUT2D eigenvalue weighted by Gasteiger charge is -2.10. The summed E-state index contributed by atoms with van der Waals surface area (Å²) in [5.74, 6) is -0.305. The van der Waals surface area contributed by atoms with Crippen molar-refractivity contribution in [2.75, 3.05) is 11.1 Å². The average molecular weight is 447 g/mol. The Bertz CT molecular complexity index is 1090. The van der Waals surface area contributed by atoms with Gasteiger partial charge >= 0.3 is 12.4 Å². The highest BCUT2D eigenvalue weighted by Crippen LogP contribution is 2.38. The van der Waals surface area contributed by atoms with Gasteiger partial charge in [0.25, 0.3) is 5.91 Å². The number of benzene rings is 1. The van der Waals surface area contributed by atoms with Crippen LogP contribution in [0.1, 0.15) is 28.5 Å². The maximum Gasteiger partial charge on any atom is 0.417 e. The highest BCUT2D eigenvalue weighted by molar-refractivity contribution is 7.99. The minimum Gasteiger partial charge on any atom is -0.339 e. The number of nitrogens with one attached hydrogen (secondary N) is 1. The van der Waals surface area contributed by atoms with E-state index in [1.165, 1.54) is 29.4 Å². The predicted molar refractivity (Wildman–Crippen MR) is 102 cm³/mol. The molecule has 0 fully saturated rings. The molecule has 4 nitrogen and oxygen atoms in total. The lowest BCUT2D eigenvalue weighted by Crippen LogP contribution is -2.17. The monoisotopic (exact) mass is 447 g/mol. The van der Waals surface area contributed by atoms with E-state index in [4.69, 9.17) is 0 Å². The SMILES string of the molecule is CCSc1c(C(=O)Nc2ccc(C(F)(F)F)cn2)n(C)c2ccc(C(F)(F)F)cc12. The molecule has 0 bridgehead atoms. The third-order valence-electron chi connectivity index (χ3n) is 4.32. The summed E-state index contributed by atoms with van der Waals surface area (Å²) in [6.45, 7) is 1.79. The van der Waals surface area contributed by atoms with Gasteiger partial charge in [-0.15, -0.1) is 11.8 Å². The third kappa shape index (κ3) is 4.25. The second-order valence-corrected chi connectivity index (χ2v) is 7.56. The lowest BCUT2D eigenvalue weighted by molar-refractivity contribution is -0.138. The Morgan fingerprint density at radius 1 is 1.07 bits per heavy atom. The largest absolute Gasteiger partial charge is 0.417 e. The van der Waals surface area contributed by atoms with Crippen molar-refractivity contribution in [1.29, 1.82) is 0 Å². The first-order valence-corrected chi connectivity index (χ1v) is 9.59. The number of carbonyl (C=O) groups excluding carboxylic acids is 1. The number of aromatic nitrogens is 2. The van der Waals surface area contributed by atoms with E-state index in [-0.39, 0.29) is 16.9 Å². The van der Waals surface area contributed by atoms with Gasteiger partial charge in [0.1, 0.15) is 11.5 Å². The molecule has 1 aromatic carbocycles. The number of rotatable bonds is 4. The maximum absolute atomic E-state index is 13.1. The molecule has 0 aliphatic rings. The molecule has 30 heavy (non-hydrogen) atoms. The van der Waals surface area contributed by atoms with Crippen LogP contribution in [0.4, 0.5) is 32.2 Å². The first kappa shape index (κ1) is 22.0.